The lowest BCUT2D eigenvalue weighted by Gasteiger charge is -2.26. The fourth-order valence-corrected chi connectivity index (χ4v) is 3.98. The van der Waals surface area contributed by atoms with Crippen molar-refractivity contribution in [2.24, 2.45) is 5.92 Å². The van der Waals surface area contributed by atoms with Crippen LogP contribution in [0, 0.1) is 5.92 Å². The maximum atomic E-state index is 13.0. The number of nitrogens with one attached hydrogen (secondary N) is 2. The summed E-state index contributed by atoms with van der Waals surface area (Å²) < 4.78 is 44.3. The van der Waals surface area contributed by atoms with Crippen LogP contribution in [-0.4, -0.2) is 47.9 Å². The molecule has 2 amide bonds. The van der Waals surface area contributed by atoms with Crippen molar-refractivity contribution in [3.63, 3.8) is 0 Å². The number of hydrogen-bond acceptors (Lipinski definition) is 4. The number of fused-ring (bicyclic) bond motifs is 3. The summed E-state index contributed by atoms with van der Waals surface area (Å²) in [5, 5.41) is 12.6. The second-order valence-electron chi connectivity index (χ2n) is 8.15. The first-order valence-corrected chi connectivity index (χ1v) is 10.8. The Labute approximate surface area is 194 Å². The molecule has 2 aromatic carbocycles. The van der Waals surface area contributed by atoms with Crippen molar-refractivity contribution in [1.82, 2.24) is 10.6 Å². The van der Waals surface area contributed by atoms with Gasteiger partial charge in [-0.1, -0.05) is 68.8 Å². The minimum atomic E-state index is -5.19. The fraction of sp³-hybridized carbons (Fsp3) is 0.375. The number of carboxylic acid groups (broad SMARTS) is 1. The average molecular weight is 478 g/mol. The summed E-state index contributed by atoms with van der Waals surface area (Å²) in [5.41, 5.74) is 4.00. The number of carboxylic acids is 1. The van der Waals surface area contributed by atoms with Gasteiger partial charge in [-0.2, -0.15) is 13.2 Å². The molecule has 7 nitrogen and oxygen atoms in total. The highest BCUT2D eigenvalue weighted by atomic mass is 19.4. The van der Waals surface area contributed by atoms with Crippen LogP contribution in [0.5, 0.6) is 0 Å². The SMILES string of the molecule is CC[C@H](C)[C@H](NC(=O)OCC1c2ccccc2-c2ccccc21)C(=O)NC(C(=O)O)C(F)(F)F. The molecular weight excluding hydrogens is 453 g/mol. The molecule has 1 unspecified atom stereocenters. The molecule has 3 atom stereocenters. The van der Waals surface area contributed by atoms with Gasteiger partial charge in [-0.15, -0.1) is 0 Å². The monoisotopic (exact) mass is 478 g/mol. The molecule has 1 aliphatic carbocycles. The number of benzene rings is 2. The van der Waals surface area contributed by atoms with Crippen LogP contribution in [0.3, 0.4) is 0 Å². The van der Waals surface area contributed by atoms with Gasteiger partial charge in [-0.05, 0) is 28.2 Å². The summed E-state index contributed by atoms with van der Waals surface area (Å²) >= 11 is 0. The Morgan fingerprint density at radius 1 is 1.00 bits per heavy atom. The van der Waals surface area contributed by atoms with E-state index in [4.69, 9.17) is 9.84 Å². The number of aliphatic carboxylic acids is 1. The predicted octanol–water partition coefficient (Wildman–Crippen LogP) is 4.07. The van der Waals surface area contributed by atoms with Crippen molar-refractivity contribution in [2.75, 3.05) is 6.61 Å². The number of alkyl halides is 3. The van der Waals surface area contributed by atoms with Crippen molar-refractivity contribution in [3.8, 4) is 11.1 Å². The van der Waals surface area contributed by atoms with E-state index in [1.807, 2.05) is 48.5 Å². The number of rotatable bonds is 8. The molecule has 0 saturated heterocycles. The molecule has 0 bridgehead atoms. The van der Waals surface area contributed by atoms with Gasteiger partial charge in [0.05, 0.1) is 0 Å². The van der Waals surface area contributed by atoms with Crippen LogP contribution in [0.4, 0.5) is 18.0 Å². The van der Waals surface area contributed by atoms with Crippen molar-refractivity contribution >= 4 is 18.0 Å². The molecule has 0 aromatic heterocycles. The van der Waals surface area contributed by atoms with E-state index in [0.29, 0.717) is 6.42 Å². The highest BCUT2D eigenvalue weighted by Crippen LogP contribution is 2.44. The number of amides is 2. The Bertz CT molecular complexity index is 1030. The van der Waals surface area contributed by atoms with Gasteiger partial charge >= 0.3 is 18.2 Å². The number of hydrogen-bond donors (Lipinski definition) is 3. The van der Waals surface area contributed by atoms with Crippen molar-refractivity contribution in [1.29, 1.82) is 0 Å². The van der Waals surface area contributed by atoms with Gasteiger partial charge in [0.25, 0.3) is 0 Å². The van der Waals surface area contributed by atoms with E-state index in [2.05, 4.69) is 5.32 Å². The third-order valence-corrected chi connectivity index (χ3v) is 5.97. The largest absolute Gasteiger partial charge is 0.479 e. The highest BCUT2D eigenvalue weighted by Gasteiger charge is 2.47. The van der Waals surface area contributed by atoms with Crippen LogP contribution < -0.4 is 10.6 Å². The Morgan fingerprint density at radius 2 is 1.53 bits per heavy atom. The van der Waals surface area contributed by atoms with Crippen LogP contribution >= 0.6 is 0 Å². The number of carbonyl (C=O) groups excluding carboxylic acids is 2. The van der Waals surface area contributed by atoms with Crippen LogP contribution in [0.25, 0.3) is 11.1 Å². The van der Waals surface area contributed by atoms with Gasteiger partial charge in [0.2, 0.25) is 11.9 Å². The summed E-state index contributed by atoms with van der Waals surface area (Å²) in [5.74, 6) is -4.32. The maximum Gasteiger partial charge on any atom is 0.419 e. The molecule has 10 heteroatoms. The van der Waals surface area contributed by atoms with Gasteiger partial charge in [0, 0.05) is 5.92 Å². The molecule has 2 aromatic rings. The molecule has 182 valence electrons. The lowest BCUT2D eigenvalue weighted by atomic mass is 9.98. The standard InChI is InChI=1S/C24H25F3N2O5/c1-3-13(2)19(21(30)29-20(22(31)32)24(25,26)27)28-23(33)34-12-18-16-10-6-4-8-14(16)15-9-5-7-11-17(15)18/h4-11,13,18-20H,3,12H2,1-2H3,(H,28,33)(H,29,30)(H,31,32)/t13-,19-,20?/m0/s1. The van der Waals surface area contributed by atoms with Gasteiger partial charge in [-0.3, -0.25) is 4.79 Å². The molecule has 0 fully saturated rings. The minimum absolute atomic E-state index is 0.0466. The minimum Gasteiger partial charge on any atom is -0.479 e. The topological polar surface area (TPSA) is 105 Å². The molecule has 0 aliphatic heterocycles. The van der Waals surface area contributed by atoms with E-state index >= 15 is 0 Å². The average Bonchev–Trinajstić information content (AvgIpc) is 3.11. The smallest absolute Gasteiger partial charge is 0.419 e. The Morgan fingerprint density at radius 3 is 2.00 bits per heavy atom. The molecule has 1 aliphatic rings. The molecule has 34 heavy (non-hydrogen) atoms. The van der Waals surface area contributed by atoms with Crippen LogP contribution in [-0.2, 0) is 14.3 Å². The number of alkyl carbamates (subject to hydrolysis) is 1. The third kappa shape index (κ3) is 5.32. The third-order valence-electron chi connectivity index (χ3n) is 5.97. The predicted molar refractivity (Wildman–Crippen MR) is 117 cm³/mol. The molecular formula is C24H25F3N2O5. The number of carbonyl (C=O) groups is 3. The van der Waals surface area contributed by atoms with Gasteiger partial charge in [0.15, 0.2) is 0 Å². The zero-order chi connectivity index (χ0) is 25.0. The van der Waals surface area contributed by atoms with Crippen LogP contribution in [0.15, 0.2) is 48.5 Å². The number of halogens is 3. The molecule has 3 N–H and O–H groups in total. The second kappa shape index (κ2) is 10.1. The van der Waals surface area contributed by atoms with Gasteiger partial charge in [-0.25, -0.2) is 9.59 Å². The van der Waals surface area contributed by atoms with E-state index in [9.17, 15) is 27.6 Å². The summed E-state index contributed by atoms with van der Waals surface area (Å²) in [4.78, 5) is 36.0. The Balaban J connectivity index is 1.70. The fourth-order valence-electron chi connectivity index (χ4n) is 3.98. The van der Waals surface area contributed by atoms with Crippen LogP contribution in [0.2, 0.25) is 0 Å². The summed E-state index contributed by atoms with van der Waals surface area (Å²) in [6.45, 7) is 3.19. The highest BCUT2D eigenvalue weighted by molar-refractivity contribution is 5.90. The summed E-state index contributed by atoms with van der Waals surface area (Å²) in [6, 6.07) is 10.9. The van der Waals surface area contributed by atoms with E-state index < -0.39 is 42.1 Å². The lowest BCUT2D eigenvalue weighted by Crippen LogP contribution is -2.58. The van der Waals surface area contributed by atoms with Crippen LogP contribution in [0.1, 0.15) is 37.3 Å². The van der Waals surface area contributed by atoms with E-state index in [0.717, 1.165) is 22.3 Å². The molecule has 0 radical (unpaired) electrons. The molecule has 0 saturated carbocycles. The molecule has 0 spiro atoms. The maximum absolute atomic E-state index is 13.0. The van der Waals surface area contributed by atoms with Gasteiger partial charge in [0.1, 0.15) is 12.6 Å². The summed E-state index contributed by atoms with van der Waals surface area (Å²) in [7, 11) is 0. The van der Waals surface area contributed by atoms with E-state index in [1.54, 1.807) is 13.8 Å². The first-order valence-electron chi connectivity index (χ1n) is 10.8. The second-order valence-corrected chi connectivity index (χ2v) is 8.15. The normalized spacial score (nSPS) is 15.4. The Kier molecular flexibility index (Phi) is 7.48. The lowest BCUT2D eigenvalue weighted by molar-refractivity contribution is -0.182. The van der Waals surface area contributed by atoms with Crippen molar-refractivity contribution in [2.45, 2.75) is 44.4 Å². The van der Waals surface area contributed by atoms with E-state index in [1.165, 1.54) is 5.32 Å². The molecule has 3 rings (SSSR count). The first kappa shape index (κ1) is 25.1. The van der Waals surface area contributed by atoms with Gasteiger partial charge < -0.3 is 20.5 Å². The van der Waals surface area contributed by atoms with E-state index in [-0.39, 0.29) is 12.5 Å². The zero-order valence-corrected chi connectivity index (χ0v) is 18.6. The van der Waals surface area contributed by atoms with Crippen molar-refractivity contribution in [3.05, 3.63) is 59.7 Å². The Hall–Kier alpha value is -3.56. The number of ether oxygens (including phenoxy) is 1. The quantitative estimate of drug-likeness (QED) is 0.531. The van der Waals surface area contributed by atoms with Crippen molar-refractivity contribution < 1.29 is 37.4 Å². The first-order chi connectivity index (χ1) is 16.0. The zero-order valence-electron chi connectivity index (χ0n) is 18.6. The summed E-state index contributed by atoms with van der Waals surface area (Å²) in [6.07, 6.45) is -5.84. The molecule has 0 heterocycles.